The second-order valence-electron chi connectivity index (χ2n) is 3.96. The molecule has 3 N–H and O–H groups in total. The number of pyridine rings is 1. The van der Waals surface area contributed by atoms with Crippen molar-refractivity contribution in [3.05, 3.63) is 24.5 Å². The minimum atomic E-state index is 0.142. The van der Waals surface area contributed by atoms with Crippen LogP contribution in [0.5, 0.6) is 0 Å². The lowest BCUT2D eigenvalue weighted by Gasteiger charge is -2.23. The van der Waals surface area contributed by atoms with Crippen molar-refractivity contribution >= 4 is 5.69 Å². The summed E-state index contributed by atoms with van der Waals surface area (Å²) in [4.78, 5) is 3.95. The van der Waals surface area contributed by atoms with Crippen molar-refractivity contribution in [2.75, 3.05) is 18.4 Å². The third-order valence-corrected chi connectivity index (χ3v) is 2.00. The predicted molar refractivity (Wildman–Crippen MR) is 55.6 cm³/mol. The third-order valence-electron chi connectivity index (χ3n) is 2.00. The molecule has 1 rings (SSSR count). The first-order chi connectivity index (χ1) is 6.14. The third kappa shape index (κ3) is 3.42. The second kappa shape index (κ2) is 4.23. The maximum Gasteiger partial charge on any atom is 0.0371 e. The average molecular weight is 179 g/mol. The first kappa shape index (κ1) is 9.99. The molecule has 0 aliphatic rings. The molecule has 0 spiro atoms. The minimum Gasteiger partial charge on any atom is -0.384 e. The fourth-order valence-corrected chi connectivity index (χ4v) is 0.883. The van der Waals surface area contributed by atoms with Gasteiger partial charge in [0.15, 0.2) is 0 Å². The minimum absolute atomic E-state index is 0.142. The van der Waals surface area contributed by atoms with Crippen LogP contribution in [-0.2, 0) is 0 Å². The van der Waals surface area contributed by atoms with Gasteiger partial charge in [-0.2, -0.15) is 0 Å². The van der Waals surface area contributed by atoms with E-state index in [2.05, 4.69) is 24.1 Å². The molecule has 0 aliphatic carbocycles. The Hall–Kier alpha value is -1.09. The predicted octanol–water partition coefficient (Wildman–Crippen LogP) is 1.48. The summed E-state index contributed by atoms with van der Waals surface area (Å²) >= 11 is 0. The molecular weight excluding hydrogens is 162 g/mol. The van der Waals surface area contributed by atoms with Crippen LogP contribution in [0, 0.1) is 5.41 Å². The lowest BCUT2D eigenvalue weighted by Crippen LogP contribution is -2.31. The quantitative estimate of drug-likeness (QED) is 0.736. The Kier molecular flexibility index (Phi) is 3.25. The molecule has 1 heterocycles. The van der Waals surface area contributed by atoms with Crippen LogP contribution in [0.3, 0.4) is 0 Å². The van der Waals surface area contributed by atoms with Gasteiger partial charge in [-0.25, -0.2) is 0 Å². The fourth-order valence-electron chi connectivity index (χ4n) is 0.883. The van der Waals surface area contributed by atoms with E-state index in [0.29, 0.717) is 6.54 Å². The van der Waals surface area contributed by atoms with E-state index in [4.69, 9.17) is 5.73 Å². The van der Waals surface area contributed by atoms with E-state index < -0.39 is 0 Å². The molecule has 72 valence electrons. The first-order valence-corrected chi connectivity index (χ1v) is 4.48. The van der Waals surface area contributed by atoms with Crippen LogP contribution < -0.4 is 11.1 Å². The van der Waals surface area contributed by atoms with E-state index >= 15 is 0 Å². The van der Waals surface area contributed by atoms with E-state index in [1.54, 1.807) is 12.4 Å². The van der Waals surface area contributed by atoms with Gasteiger partial charge in [0, 0.05) is 24.6 Å². The molecule has 0 atom stereocenters. The molecule has 0 unspecified atom stereocenters. The molecule has 1 aromatic rings. The zero-order chi connectivity index (χ0) is 9.73. The number of nitrogens with zero attached hydrogens (tertiary/aromatic N) is 1. The number of rotatable bonds is 4. The molecule has 0 fully saturated rings. The lowest BCUT2D eigenvalue weighted by atomic mass is 9.94. The number of hydrogen-bond donors (Lipinski definition) is 2. The Bertz CT molecular complexity index is 244. The first-order valence-electron chi connectivity index (χ1n) is 4.48. The molecule has 1 aromatic heterocycles. The molecule has 0 bridgehead atoms. The van der Waals surface area contributed by atoms with Crippen molar-refractivity contribution < 1.29 is 0 Å². The van der Waals surface area contributed by atoms with E-state index in [-0.39, 0.29) is 5.41 Å². The Labute approximate surface area is 79.4 Å². The molecule has 0 aromatic carbocycles. The van der Waals surface area contributed by atoms with Crippen molar-refractivity contribution in [2.24, 2.45) is 11.1 Å². The van der Waals surface area contributed by atoms with Crippen molar-refractivity contribution in [1.29, 1.82) is 0 Å². The van der Waals surface area contributed by atoms with Gasteiger partial charge in [0.25, 0.3) is 0 Å². The van der Waals surface area contributed by atoms with Crippen LogP contribution in [0.15, 0.2) is 24.5 Å². The van der Waals surface area contributed by atoms with Gasteiger partial charge in [-0.3, -0.25) is 4.98 Å². The van der Waals surface area contributed by atoms with E-state index in [1.165, 1.54) is 0 Å². The van der Waals surface area contributed by atoms with E-state index in [9.17, 15) is 0 Å². The highest BCUT2D eigenvalue weighted by molar-refractivity contribution is 5.40. The zero-order valence-electron chi connectivity index (χ0n) is 8.25. The summed E-state index contributed by atoms with van der Waals surface area (Å²) < 4.78 is 0. The summed E-state index contributed by atoms with van der Waals surface area (Å²) in [6.07, 6.45) is 3.55. The second-order valence-corrected chi connectivity index (χ2v) is 3.96. The standard InChI is InChI=1S/C10H17N3/c1-10(2,7-11)8-13-9-3-5-12-6-4-9/h3-6H,7-8,11H2,1-2H3,(H,12,13). The summed E-state index contributed by atoms with van der Waals surface area (Å²) in [6, 6.07) is 3.90. The molecule has 3 nitrogen and oxygen atoms in total. The van der Waals surface area contributed by atoms with Gasteiger partial charge < -0.3 is 11.1 Å². The molecule has 13 heavy (non-hydrogen) atoms. The van der Waals surface area contributed by atoms with Crippen molar-refractivity contribution in [2.45, 2.75) is 13.8 Å². The Morgan fingerprint density at radius 2 is 2.00 bits per heavy atom. The van der Waals surface area contributed by atoms with Crippen LogP contribution in [0.2, 0.25) is 0 Å². The monoisotopic (exact) mass is 179 g/mol. The smallest absolute Gasteiger partial charge is 0.0371 e. The largest absolute Gasteiger partial charge is 0.384 e. The van der Waals surface area contributed by atoms with E-state index in [0.717, 1.165) is 12.2 Å². The van der Waals surface area contributed by atoms with Crippen molar-refractivity contribution in [3.63, 3.8) is 0 Å². The maximum atomic E-state index is 5.62. The molecule has 0 saturated heterocycles. The molecule has 3 heteroatoms. The highest BCUT2D eigenvalue weighted by atomic mass is 14.9. The summed E-state index contributed by atoms with van der Waals surface area (Å²) in [6.45, 7) is 5.85. The number of hydrogen-bond acceptors (Lipinski definition) is 3. The van der Waals surface area contributed by atoms with Gasteiger partial charge in [0.1, 0.15) is 0 Å². The van der Waals surface area contributed by atoms with Crippen molar-refractivity contribution in [3.8, 4) is 0 Å². The molecular formula is C10H17N3. The van der Waals surface area contributed by atoms with Crippen LogP contribution in [0.1, 0.15) is 13.8 Å². The van der Waals surface area contributed by atoms with Crippen LogP contribution in [0.4, 0.5) is 5.69 Å². The molecule has 0 aliphatic heterocycles. The highest BCUT2D eigenvalue weighted by Crippen LogP contribution is 2.14. The van der Waals surface area contributed by atoms with E-state index in [1.807, 2.05) is 12.1 Å². The Morgan fingerprint density at radius 1 is 1.38 bits per heavy atom. The number of nitrogens with one attached hydrogen (secondary N) is 1. The van der Waals surface area contributed by atoms with Gasteiger partial charge in [0.2, 0.25) is 0 Å². The van der Waals surface area contributed by atoms with Gasteiger partial charge in [-0.1, -0.05) is 13.8 Å². The fraction of sp³-hybridized carbons (Fsp3) is 0.500. The van der Waals surface area contributed by atoms with Crippen LogP contribution in [0.25, 0.3) is 0 Å². The molecule has 0 saturated carbocycles. The lowest BCUT2D eigenvalue weighted by molar-refractivity contribution is 0.405. The maximum absolute atomic E-state index is 5.62. The topological polar surface area (TPSA) is 50.9 Å². The van der Waals surface area contributed by atoms with Gasteiger partial charge in [-0.05, 0) is 24.1 Å². The highest BCUT2D eigenvalue weighted by Gasteiger charge is 2.14. The summed E-state index contributed by atoms with van der Waals surface area (Å²) in [5, 5.41) is 3.32. The summed E-state index contributed by atoms with van der Waals surface area (Å²) in [5.74, 6) is 0. The number of anilines is 1. The average Bonchev–Trinajstić information content (AvgIpc) is 2.17. The number of nitrogens with two attached hydrogens (primary N) is 1. The summed E-state index contributed by atoms with van der Waals surface area (Å²) in [5.41, 5.74) is 6.85. The Morgan fingerprint density at radius 3 is 2.54 bits per heavy atom. The van der Waals surface area contributed by atoms with Crippen LogP contribution >= 0.6 is 0 Å². The number of aromatic nitrogens is 1. The van der Waals surface area contributed by atoms with Gasteiger partial charge in [-0.15, -0.1) is 0 Å². The SMILES string of the molecule is CC(C)(CN)CNc1ccncc1. The molecule has 0 radical (unpaired) electrons. The Balaban J connectivity index is 2.44. The van der Waals surface area contributed by atoms with Gasteiger partial charge in [0.05, 0.1) is 0 Å². The van der Waals surface area contributed by atoms with Gasteiger partial charge >= 0.3 is 0 Å². The zero-order valence-corrected chi connectivity index (χ0v) is 8.25. The summed E-state index contributed by atoms with van der Waals surface area (Å²) in [7, 11) is 0. The normalized spacial score (nSPS) is 11.3. The molecule has 0 amide bonds. The van der Waals surface area contributed by atoms with Crippen LogP contribution in [-0.4, -0.2) is 18.1 Å². The van der Waals surface area contributed by atoms with Crippen molar-refractivity contribution in [1.82, 2.24) is 4.98 Å².